The van der Waals surface area contributed by atoms with Gasteiger partial charge in [0.1, 0.15) is 5.82 Å². The van der Waals surface area contributed by atoms with Crippen molar-refractivity contribution in [1.29, 1.82) is 0 Å². The van der Waals surface area contributed by atoms with Gasteiger partial charge in [0.25, 0.3) is 0 Å². The number of halogens is 2. The molecule has 0 atom stereocenters. The lowest BCUT2D eigenvalue weighted by Gasteiger charge is -2.12. The minimum Gasteiger partial charge on any atom is -0.354 e. The number of hydrogen-bond acceptors (Lipinski definition) is 4. The first-order valence-electron chi connectivity index (χ1n) is 6.39. The third kappa shape index (κ3) is 3.84. The summed E-state index contributed by atoms with van der Waals surface area (Å²) in [5.74, 6) is 1.37. The highest BCUT2D eigenvalue weighted by Crippen LogP contribution is 2.28. The van der Waals surface area contributed by atoms with E-state index in [1.165, 1.54) is 0 Å². The van der Waals surface area contributed by atoms with Crippen LogP contribution in [0.5, 0.6) is 0 Å². The first-order valence-corrected chi connectivity index (χ1v) is 7.57. The predicted octanol–water partition coefficient (Wildman–Crippen LogP) is 4.77. The van der Waals surface area contributed by atoms with E-state index in [2.05, 4.69) is 43.5 Å². The van der Waals surface area contributed by atoms with E-state index in [0.717, 1.165) is 34.5 Å². The van der Waals surface area contributed by atoms with Gasteiger partial charge in [0.15, 0.2) is 0 Å². The fourth-order valence-corrected chi connectivity index (χ4v) is 2.33. The summed E-state index contributed by atoms with van der Waals surface area (Å²) in [6, 6.07) is 5.69. The number of nitrogens with zero attached hydrogens (tertiary/aromatic N) is 2. The Hall–Kier alpha value is -1.33. The second-order valence-corrected chi connectivity index (χ2v) is 5.72. The average molecular weight is 356 g/mol. The van der Waals surface area contributed by atoms with Crippen molar-refractivity contribution in [2.45, 2.75) is 20.3 Å². The summed E-state index contributed by atoms with van der Waals surface area (Å²) in [6.45, 7) is 4.90. The number of nitrogens with one attached hydrogen (secondary N) is 2. The number of hydrogen-bond donors (Lipinski definition) is 2. The van der Waals surface area contributed by atoms with Crippen LogP contribution >= 0.6 is 27.5 Å². The Morgan fingerprint density at radius 2 is 2.15 bits per heavy atom. The molecule has 0 unspecified atom stereocenters. The zero-order valence-corrected chi connectivity index (χ0v) is 13.7. The Balaban J connectivity index is 2.23. The van der Waals surface area contributed by atoms with Gasteiger partial charge in [0.05, 0.1) is 10.7 Å². The van der Waals surface area contributed by atoms with Crippen molar-refractivity contribution in [2.75, 3.05) is 17.2 Å². The quantitative estimate of drug-likeness (QED) is 0.811. The van der Waals surface area contributed by atoms with Crippen molar-refractivity contribution in [3.05, 3.63) is 39.5 Å². The summed E-state index contributed by atoms with van der Waals surface area (Å²) >= 11 is 9.59. The smallest absolute Gasteiger partial charge is 0.224 e. The highest BCUT2D eigenvalue weighted by molar-refractivity contribution is 9.10. The van der Waals surface area contributed by atoms with Gasteiger partial charge in [-0.25, -0.2) is 4.98 Å². The van der Waals surface area contributed by atoms with E-state index in [-0.39, 0.29) is 0 Å². The molecule has 1 aromatic carbocycles. The minimum atomic E-state index is 0.619. The van der Waals surface area contributed by atoms with Gasteiger partial charge in [0.2, 0.25) is 5.95 Å². The average Bonchev–Trinajstić information content (AvgIpc) is 2.42. The van der Waals surface area contributed by atoms with Crippen LogP contribution in [0, 0.1) is 6.92 Å². The van der Waals surface area contributed by atoms with Crippen LogP contribution < -0.4 is 10.6 Å². The van der Waals surface area contributed by atoms with Gasteiger partial charge in [-0.05, 0) is 31.5 Å². The van der Waals surface area contributed by atoms with E-state index in [1.54, 1.807) is 6.20 Å². The third-order valence-corrected chi connectivity index (χ3v) is 3.49. The molecule has 1 aromatic heterocycles. The van der Waals surface area contributed by atoms with Crippen LogP contribution in [0.4, 0.5) is 17.5 Å². The zero-order valence-electron chi connectivity index (χ0n) is 11.4. The van der Waals surface area contributed by atoms with E-state index in [4.69, 9.17) is 11.6 Å². The van der Waals surface area contributed by atoms with Gasteiger partial charge in [0, 0.05) is 22.8 Å². The molecule has 6 heteroatoms. The minimum absolute atomic E-state index is 0.619. The molecule has 1 heterocycles. The van der Waals surface area contributed by atoms with Crippen molar-refractivity contribution in [1.82, 2.24) is 9.97 Å². The van der Waals surface area contributed by atoms with E-state index in [0.29, 0.717) is 11.0 Å². The van der Waals surface area contributed by atoms with E-state index >= 15 is 0 Å². The highest BCUT2D eigenvalue weighted by atomic mass is 79.9. The molecule has 0 amide bonds. The SMILES string of the molecule is CCCNc1ncc(C)c(Nc2ccc(Br)cc2Cl)n1. The van der Waals surface area contributed by atoms with E-state index in [9.17, 15) is 0 Å². The lowest BCUT2D eigenvalue weighted by molar-refractivity contribution is 0.950. The van der Waals surface area contributed by atoms with Gasteiger partial charge >= 0.3 is 0 Å². The summed E-state index contributed by atoms with van der Waals surface area (Å²) < 4.78 is 0.942. The number of anilines is 3. The van der Waals surface area contributed by atoms with Gasteiger partial charge < -0.3 is 10.6 Å². The summed E-state index contributed by atoms with van der Waals surface area (Å²) in [4.78, 5) is 8.72. The van der Waals surface area contributed by atoms with Gasteiger partial charge in [-0.1, -0.05) is 34.5 Å². The normalized spacial score (nSPS) is 10.4. The van der Waals surface area contributed by atoms with Crippen LogP contribution in [0.25, 0.3) is 0 Å². The summed E-state index contributed by atoms with van der Waals surface area (Å²) in [7, 11) is 0. The topological polar surface area (TPSA) is 49.8 Å². The molecule has 0 fully saturated rings. The van der Waals surface area contributed by atoms with Crippen LogP contribution in [0.1, 0.15) is 18.9 Å². The lowest BCUT2D eigenvalue weighted by atomic mass is 10.3. The van der Waals surface area contributed by atoms with Gasteiger partial charge in [-0.15, -0.1) is 0 Å². The van der Waals surface area contributed by atoms with Gasteiger partial charge in [-0.2, -0.15) is 4.98 Å². The van der Waals surface area contributed by atoms with Crippen LogP contribution in [0.2, 0.25) is 5.02 Å². The first kappa shape index (κ1) is 15.1. The Morgan fingerprint density at radius 3 is 2.85 bits per heavy atom. The maximum Gasteiger partial charge on any atom is 0.224 e. The molecule has 0 spiro atoms. The number of aryl methyl sites for hydroxylation is 1. The predicted molar refractivity (Wildman–Crippen MR) is 88.0 cm³/mol. The van der Waals surface area contributed by atoms with Crippen molar-refractivity contribution in [3.8, 4) is 0 Å². The molecule has 0 aliphatic carbocycles. The van der Waals surface area contributed by atoms with E-state index < -0.39 is 0 Å². The monoisotopic (exact) mass is 354 g/mol. The van der Waals surface area contributed by atoms with Gasteiger partial charge in [-0.3, -0.25) is 0 Å². The summed E-state index contributed by atoms with van der Waals surface area (Å²) in [6.07, 6.45) is 2.82. The first-order chi connectivity index (χ1) is 9.60. The molecule has 0 aliphatic rings. The molecule has 0 saturated carbocycles. The van der Waals surface area contributed by atoms with Crippen molar-refractivity contribution >= 4 is 45.0 Å². The maximum absolute atomic E-state index is 6.20. The molecule has 106 valence electrons. The number of benzene rings is 1. The molecule has 0 aliphatic heterocycles. The Labute approximate surface area is 132 Å². The molecule has 2 N–H and O–H groups in total. The Bertz CT molecular complexity index is 604. The zero-order chi connectivity index (χ0) is 14.5. The molecule has 0 bridgehead atoms. The van der Waals surface area contributed by atoms with Crippen molar-refractivity contribution < 1.29 is 0 Å². The number of aromatic nitrogens is 2. The molecule has 0 saturated heterocycles. The highest BCUT2D eigenvalue weighted by Gasteiger charge is 2.07. The Kier molecular flexibility index (Phi) is 5.20. The molecule has 2 aromatic rings. The Morgan fingerprint density at radius 1 is 1.35 bits per heavy atom. The summed E-state index contributed by atoms with van der Waals surface area (Å²) in [5, 5.41) is 7.05. The summed E-state index contributed by atoms with van der Waals surface area (Å²) in [5.41, 5.74) is 1.78. The largest absolute Gasteiger partial charge is 0.354 e. The molecule has 0 radical (unpaired) electrons. The standard InChI is InChI=1S/C14H16BrClN4/c1-3-6-17-14-18-8-9(2)13(20-14)19-12-5-4-10(15)7-11(12)16/h4-5,7-8H,3,6H2,1-2H3,(H2,17,18,19,20). The third-order valence-electron chi connectivity index (χ3n) is 2.69. The van der Waals surface area contributed by atoms with Crippen LogP contribution in [0.15, 0.2) is 28.9 Å². The lowest BCUT2D eigenvalue weighted by Crippen LogP contribution is -2.07. The van der Waals surface area contributed by atoms with E-state index in [1.807, 2.05) is 25.1 Å². The molecular formula is C14H16BrClN4. The fourth-order valence-electron chi connectivity index (χ4n) is 1.61. The molecule has 20 heavy (non-hydrogen) atoms. The van der Waals surface area contributed by atoms with Crippen LogP contribution in [-0.2, 0) is 0 Å². The number of rotatable bonds is 5. The van der Waals surface area contributed by atoms with Crippen molar-refractivity contribution in [3.63, 3.8) is 0 Å². The molecule has 4 nitrogen and oxygen atoms in total. The van der Waals surface area contributed by atoms with Crippen LogP contribution in [-0.4, -0.2) is 16.5 Å². The second-order valence-electron chi connectivity index (χ2n) is 4.40. The molecular weight excluding hydrogens is 340 g/mol. The fraction of sp³-hybridized carbons (Fsp3) is 0.286. The second kappa shape index (κ2) is 6.90. The maximum atomic E-state index is 6.20. The van der Waals surface area contributed by atoms with Crippen molar-refractivity contribution in [2.24, 2.45) is 0 Å². The van der Waals surface area contributed by atoms with Crippen LogP contribution in [0.3, 0.4) is 0 Å². The molecule has 2 rings (SSSR count).